The largest absolute Gasteiger partial charge is 0.361 e. The van der Waals surface area contributed by atoms with Gasteiger partial charge in [-0.2, -0.15) is 8.42 Å². The van der Waals surface area contributed by atoms with Crippen LogP contribution in [-0.2, 0) is 20.7 Å². The fourth-order valence-electron chi connectivity index (χ4n) is 4.71. The van der Waals surface area contributed by atoms with E-state index in [9.17, 15) is 8.42 Å². The molecule has 1 aliphatic heterocycles. The van der Waals surface area contributed by atoms with Gasteiger partial charge in [0.2, 0.25) is 0 Å². The van der Waals surface area contributed by atoms with Gasteiger partial charge in [-0.15, -0.1) is 0 Å². The highest BCUT2D eigenvalue weighted by Gasteiger charge is 2.44. The van der Waals surface area contributed by atoms with Crippen molar-refractivity contribution in [2.45, 2.75) is 31.7 Å². The van der Waals surface area contributed by atoms with Crippen molar-refractivity contribution in [3.8, 4) is 0 Å². The maximum Gasteiger partial charge on any atom is 0.264 e. The Balaban J connectivity index is 1.70. The maximum absolute atomic E-state index is 11.4. The average Bonchev–Trinajstić information content (AvgIpc) is 2.91. The van der Waals surface area contributed by atoms with Crippen LogP contribution in [0.25, 0.3) is 10.9 Å². The van der Waals surface area contributed by atoms with Gasteiger partial charge in [-0.05, 0) is 37.1 Å². The number of aromatic amines is 1. The summed E-state index contributed by atoms with van der Waals surface area (Å²) in [7, 11) is -1.27. The molecule has 1 saturated heterocycles. The lowest BCUT2D eigenvalue weighted by Gasteiger charge is -2.50. The number of likely N-dealkylation sites (N-methyl/N-ethyl adjacent to an activating group) is 1. The topological polar surface area (TPSA) is 62.4 Å². The molecule has 0 spiro atoms. The number of H-pyrrole nitrogens is 1. The van der Waals surface area contributed by atoms with E-state index in [1.165, 1.54) is 22.0 Å². The fraction of sp³-hybridized carbons (Fsp3) is 0.556. The van der Waals surface area contributed by atoms with Gasteiger partial charge in [0.1, 0.15) is 0 Å². The molecule has 1 unspecified atom stereocenters. The molecule has 1 fully saturated rings. The molecule has 1 aromatic carbocycles. The normalized spacial score (nSPS) is 30.5. The Labute approximate surface area is 143 Å². The minimum Gasteiger partial charge on any atom is -0.361 e. The number of benzene rings is 1. The van der Waals surface area contributed by atoms with Crippen molar-refractivity contribution >= 4 is 21.0 Å². The van der Waals surface area contributed by atoms with Gasteiger partial charge in [-0.3, -0.25) is 4.18 Å². The quantitative estimate of drug-likeness (QED) is 0.866. The number of likely N-dealkylation sites (tertiary alicyclic amines) is 1. The molecule has 24 heavy (non-hydrogen) atoms. The fourth-order valence-corrected chi connectivity index (χ4v) is 5.21. The molecule has 0 bridgehead atoms. The number of aromatic nitrogens is 1. The summed E-state index contributed by atoms with van der Waals surface area (Å²) in [6.45, 7) is 3.23. The second kappa shape index (κ2) is 5.31. The van der Waals surface area contributed by atoms with Crippen molar-refractivity contribution in [2.75, 3.05) is 26.5 Å². The van der Waals surface area contributed by atoms with Crippen LogP contribution in [-0.4, -0.2) is 50.8 Å². The van der Waals surface area contributed by atoms with Crippen LogP contribution in [0.3, 0.4) is 0 Å². The van der Waals surface area contributed by atoms with Crippen molar-refractivity contribution in [1.82, 2.24) is 9.88 Å². The minimum absolute atomic E-state index is 0.172. The van der Waals surface area contributed by atoms with Crippen LogP contribution in [0.5, 0.6) is 0 Å². The third-order valence-electron chi connectivity index (χ3n) is 5.64. The van der Waals surface area contributed by atoms with Gasteiger partial charge in [0, 0.05) is 41.0 Å². The Morgan fingerprint density at radius 2 is 2.21 bits per heavy atom. The van der Waals surface area contributed by atoms with Gasteiger partial charge in [0.15, 0.2) is 0 Å². The summed E-state index contributed by atoms with van der Waals surface area (Å²) in [6, 6.07) is 6.93. The average molecular weight is 348 g/mol. The van der Waals surface area contributed by atoms with E-state index in [0.717, 1.165) is 25.6 Å². The molecule has 6 heteroatoms. The Kier molecular flexibility index (Phi) is 3.57. The van der Waals surface area contributed by atoms with E-state index in [4.69, 9.17) is 4.18 Å². The van der Waals surface area contributed by atoms with Crippen molar-refractivity contribution in [1.29, 1.82) is 0 Å². The van der Waals surface area contributed by atoms with Crippen molar-refractivity contribution in [3.05, 3.63) is 35.5 Å². The van der Waals surface area contributed by atoms with E-state index in [-0.39, 0.29) is 12.0 Å². The number of nitrogens with zero attached hydrogens (tertiary/aromatic N) is 1. The Morgan fingerprint density at radius 3 is 2.96 bits per heavy atom. The summed E-state index contributed by atoms with van der Waals surface area (Å²) in [6.07, 6.45) is 5.25. The molecule has 2 heterocycles. The Bertz CT molecular complexity index is 889. The molecule has 0 radical (unpaired) electrons. The van der Waals surface area contributed by atoms with Crippen LogP contribution < -0.4 is 0 Å². The van der Waals surface area contributed by atoms with Gasteiger partial charge in [0.05, 0.1) is 12.9 Å². The standard InChI is InChI=1S/C18H24N2O3S/c1-18(11-23-24(3,21)22)8-14-13-5-4-6-15-17(13)12(9-19-15)7-16(14)20(2)10-18/h4-6,9,14,16,19H,7-8,10-11H2,1-3H3/t14-,16-,18?/m0/s1. The summed E-state index contributed by atoms with van der Waals surface area (Å²) < 4.78 is 28.0. The highest BCUT2D eigenvalue weighted by molar-refractivity contribution is 7.85. The van der Waals surface area contributed by atoms with E-state index in [0.29, 0.717) is 12.0 Å². The predicted molar refractivity (Wildman–Crippen MR) is 94.7 cm³/mol. The summed E-state index contributed by atoms with van der Waals surface area (Å²) in [5.74, 6) is 0.406. The lowest BCUT2D eigenvalue weighted by atomic mass is 9.67. The zero-order valence-electron chi connectivity index (χ0n) is 14.4. The number of piperidine rings is 1. The molecule has 1 aromatic heterocycles. The number of hydrogen-bond acceptors (Lipinski definition) is 4. The van der Waals surface area contributed by atoms with Gasteiger partial charge in [-0.1, -0.05) is 19.1 Å². The van der Waals surface area contributed by atoms with Gasteiger partial charge in [-0.25, -0.2) is 0 Å². The van der Waals surface area contributed by atoms with Gasteiger partial charge in [0.25, 0.3) is 10.1 Å². The molecule has 2 aromatic rings. The van der Waals surface area contributed by atoms with Crippen LogP contribution in [0.2, 0.25) is 0 Å². The number of rotatable bonds is 3. The molecular weight excluding hydrogens is 324 g/mol. The minimum atomic E-state index is -3.41. The maximum atomic E-state index is 11.4. The first-order valence-corrected chi connectivity index (χ1v) is 10.2. The van der Waals surface area contributed by atoms with E-state index < -0.39 is 10.1 Å². The lowest BCUT2D eigenvalue weighted by Crippen LogP contribution is -2.53. The number of nitrogens with one attached hydrogen (secondary N) is 1. The highest BCUT2D eigenvalue weighted by atomic mass is 32.2. The van der Waals surface area contributed by atoms with Crippen molar-refractivity contribution < 1.29 is 12.6 Å². The molecule has 2 aliphatic rings. The van der Waals surface area contributed by atoms with Crippen molar-refractivity contribution in [2.24, 2.45) is 5.41 Å². The lowest BCUT2D eigenvalue weighted by molar-refractivity contribution is 0.0224. The summed E-state index contributed by atoms with van der Waals surface area (Å²) in [4.78, 5) is 5.77. The molecule has 1 aliphatic carbocycles. The van der Waals surface area contributed by atoms with E-state index in [2.05, 4.69) is 48.3 Å². The molecule has 3 atom stereocenters. The van der Waals surface area contributed by atoms with Crippen LogP contribution in [0.1, 0.15) is 30.4 Å². The van der Waals surface area contributed by atoms with E-state index >= 15 is 0 Å². The van der Waals surface area contributed by atoms with Crippen LogP contribution in [0.4, 0.5) is 0 Å². The molecule has 4 rings (SSSR count). The molecule has 0 amide bonds. The second-order valence-corrected chi connectivity index (χ2v) is 9.50. The molecule has 130 valence electrons. The van der Waals surface area contributed by atoms with E-state index in [1.807, 2.05) is 0 Å². The van der Waals surface area contributed by atoms with Crippen molar-refractivity contribution in [3.63, 3.8) is 0 Å². The number of hydrogen-bond donors (Lipinski definition) is 1. The first-order chi connectivity index (χ1) is 11.3. The van der Waals surface area contributed by atoms with Crippen LogP contribution in [0.15, 0.2) is 24.4 Å². The zero-order chi connectivity index (χ0) is 17.1. The summed E-state index contributed by atoms with van der Waals surface area (Å²) in [5, 5.41) is 1.36. The highest BCUT2D eigenvalue weighted by Crippen LogP contribution is 2.47. The predicted octanol–water partition coefficient (Wildman–Crippen LogP) is 2.49. The Morgan fingerprint density at radius 1 is 1.42 bits per heavy atom. The SMILES string of the molecule is CN1CC(C)(COS(C)(=O)=O)C[C@H]2c3cccc4[nH]cc(c34)C[C@@H]21. The zero-order valence-corrected chi connectivity index (χ0v) is 15.2. The third-order valence-corrected chi connectivity index (χ3v) is 6.19. The number of fused-ring (bicyclic) bond motifs is 2. The summed E-state index contributed by atoms with van der Waals surface area (Å²) >= 11 is 0. The molecular formula is C18H24N2O3S. The van der Waals surface area contributed by atoms with Gasteiger partial charge < -0.3 is 9.88 Å². The first-order valence-electron chi connectivity index (χ1n) is 8.39. The van der Waals surface area contributed by atoms with Crippen LogP contribution in [0, 0.1) is 5.41 Å². The monoisotopic (exact) mass is 348 g/mol. The summed E-state index contributed by atoms with van der Waals surface area (Å²) in [5.41, 5.74) is 3.81. The molecule has 1 N–H and O–H groups in total. The van der Waals surface area contributed by atoms with E-state index in [1.54, 1.807) is 0 Å². The molecule has 5 nitrogen and oxygen atoms in total. The third kappa shape index (κ3) is 2.66. The first kappa shape index (κ1) is 16.1. The molecule has 0 saturated carbocycles. The Hall–Kier alpha value is -1.37. The van der Waals surface area contributed by atoms with Crippen LogP contribution >= 0.6 is 0 Å². The van der Waals surface area contributed by atoms with Gasteiger partial charge >= 0.3 is 0 Å². The second-order valence-electron chi connectivity index (χ2n) is 7.86. The smallest absolute Gasteiger partial charge is 0.264 e.